The molecule has 1 heterocycles. The number of aliphatic hydroxyl groups excluding tert-OH is 1. The van der Waals surface area contributed by atoms with Crippen molar-refractivity contribution in [1.82, 2.24) is 4.90 Å². The van der Waals surface area contributed by atoms with E-state index in [9.17, 15) is 5.11 Å². The summed E-state index contributed by atoms with van der Waals surface area (Å²) in [6.45, 7) is 9.54. The summed E-state index contributed by atoms with van der Waals surface area (Å²) >= 11 is 0. The molecule has 0 radical (unpaired) electrons. The minimum absolute atomic E-state index is 0.0907. The average Bonchev–Trinajstić information content (AvgIpc) is 2.52. The lowest BCUT2D eigenvalue weighted by atomic mass is 10.1. The van der Waals surface area contributed by atoms with E-state index < -0.39 is 6.10 Å². The molecule has 1 unspecified atom stereocenters. The molecule has 0 amide bonds. The number of nitrogens with zero attached hydrogens (tertiary/aromatic N) is 1. The Morgan fingerprint density at radius 2 is 2.14 bits per heavy atom. The smallest absolute Gasteiger partial charge is 0.125 e. The molecule has 4 heteroatoms. The van der Waals surface area contributed by atoms with E-state index in [0.29, 0.717) is 19.1 Å². The molecule has 1 N–H and O–H groups in total. The van der Waals surface area contributed by atoms with E-state index in [-0.39, 0.29) is 6.10 Å². The predicted molar refractivity (Wildman–Crippen MR) is 83.6 cm³/mol. The topological polar surface area (TPSA) is 41.9 Å². The number of morpholine rings is 1. The van der Waals surface area contributed by atoms with Crippen molar-refractivity contribution in [3.63, 3.8) is 0 Å². The third kappa shape index (κ3) is 4.43. The quantitative estimate of drug-likeness (QED) is 0.875. The Hall–Kier alpha value is -1.10. The Kier molecular flexibility index (Phi) is 6.03. The van der Waals surface area contributed by atoms with Crippen molar-refractivity contribution in [3.8, 4) is 5.75 Å². The maximum atomic E-state index is 10.0. The van der Waals surface area contributed by atoms with Gasteiger partial charge >= 0.3 is 0 Å². The lowest BCUT2D eigenvalue weighted by Crippen LogP contribution is -2.47. The molecule has 0 bridgehead atoms. The number of ether oxygens (including phenoxy) is 2. The lowest BCUT2D eigenvalue weighted by Gasteiger charge is -2.35. The van der Waals surface area contributed by atoms with Crippen molar-refractivity contribution in [3.05, 3.63) is 29.8 Å². The number of rotatable bonds is 6. The summed E-state index contributed by atoms with van der Waals surface area (Å²) in [6, 6.07) is 8.23. The highest BCUT2D eigenvalue weighted by Gasteiger charge is 2.23. The maximum absolute atomic E-state index is 10.0. The molecule has 1 aromatic carbocycles. The van der Waals surface area contributed by atoms with Gasteiger partial charge in [-0.05, 0) is 26.3 Å². The molecule has 1 aromatic rings. The molecule has 0 saturated carbocycles. The fourth-order valence-corrected chi connectivity index (χ4v) is 2.60. The molecule has 1 aliphatic rings. The van der Waals surface area contributed by atoms with Crippen LogP contribution < -0.4 is 4.74 Å². The zero-order valence-corrected chi connectivity index (χ0v) is 13.3. The Labute approximate surface area is 127 Å². The van der Waals surface area contributed by atoms with Gasteiger partial charge in [-0.25, -0.2) is 0 Å². The highest BCUT2D eigenvalue weighted by molar-refractivity contribution is 5.35. The molecule has 0 aromatic heterocycles. The molecule has 21 heavy (non-hydrogen) atoms. The van der Waals surface area contributed by atoms with Crippen molar-refractivity contribution >= 4 is 0 Å². The maximum Gasteiger partial charge on any atom is 0.125 e. The molecule has 1 saturated heterocycles. The number of aliphatic hydroxyl groups is 1. The summed E-state index contributed by atoms with van der Waals surface area (Å²) in [5.41, 5.74) is 0.858. The summed E-state index contributed by atoms with van der Waals surface area (Å²) in [5.74, 6) is 0.761. The third-order valence-electron chi connectivity index (χ3n) is 3.99. The first-order valence-electron chi connectivity index (χ1n) is 7.87. The summed E-state index contributed by atoms with van der Waals surface area (Å²) in [5, 5.41) is 10.0. The van der Waals surface area contributed by atoms with Gasteiger partial charge < -0.3 is 14.6 Å². The van der Waals surface area contributed by atoms with Crippen LogP contribution in [0.4, 0.5) is 0 Å². The van der Waals surface area contributed by atoms with E-state index in [0.717, 1.165) is 31.0 Å². The van der Waals surface area contributed by atoms with Gasteiger partial charge in [0.15, 0.2) is 0 Å². The molecule has 2 rings (SSSR count). The summed E-state index contributed by atoms with van der Waals surface area (Å²) < 4.78 is 11.7. The number of hydrogen-bond acceptors (Lipinski definition) is 4. The second-order valence-corrected chi connectivity index (χ2v) is 5.85. The van der Waals surface area contributed by atoms with Gasteiger partial charge in [-0.3, -0.25) is 4.90 Å². The molecular formula is C17H27NO3. The monoisotopic (exact) mass is 293 g/mol. The SMILES string of the molecule is CC[C@@H](O)c1ccccc1OCC1CN(C(C)C)CCO1. The molecule has 2 atom stereocenters. The number of para-hydroxylation sites is 1. The van der Waals surface area contributed by atoms with Crippen LogP contribution in [0.5, 0.6) is 5.75 Å². The first-order valence-corrected chi connectivity index (χ1v) is 7.87. The number of hydrogen-bond donors (Lipinski definition) is 1. The molecule has 4 nitrogen and oxygen atoms in total. The Bertz CT molecular complexity index is 436. The van der Waals surface area contributed by atoms with Crippen LogP contribution in [-0.2, 0) is 4.74 Å². The van der Waals surface area contributed by atoms with Gasteiger partial charge in [-0.1, -0.05) is 25.1 Å². The number of benzene rings is 1. The van der Waals surface area contributed by atoms with E-state index in [4.69, 9.17) is 9.47 Å². The molecule has 0 spiro atoms. The minimum Gasteiger partial charge on any atom is -0.490 e. The second kappa shape index (κ2) is 7.78. The van der Waals surface area contributed by atoms with E-state index in [1.54, 1.807) is 0 Å². The second-order valence-electron chi connectivity index (χ2n) is 5.85. The van der Waals surface area contributed by atoms with Crippen molar-refractivity contribution in [2.75, 3.05) is 26.3 Å². The van der Waals surface area contributed by atoms with Crippen LogP contribution in [0.25, 0.3) is 0 Å². The van der Waals surface area contributed by atoms with Gasteiger partial charge in [0, 0.05) is 24.7 Å². The molecule has 1 aliphatic heterocycles. The normalized spacial score (nSPS) is 21.5. The predicted octanol–water partition coefficient (Wildman–Crippen LogP) is 2.62. The standard InChI is InChI=1S/C17H27NO3/c1-4-16(19)15-7-5-6-8-17(15)21-12-14-11-18(13(2)3)9-10-20-14/h5-8,13-14,16,19H,4,9-12H2,1-3H3/t14?,16-/m1/s1. The van der Waals surface area contributed by atoms with Crippen LogP contribution in [0, 0.1) is 0 Å². The molecule has 118 valence electrons. The first-order chi connectivity index (χ1) is 10.1. The van der Waals surface area contributed by atoms with Crippen LogP contribution in [0.3, 0.4) is 0 Å². The zero-order valence-electron chi connectivity index (χ0n) is 13.3. The van der Waals surface area contributed by atoms with E-state index >= 15 is 0 Å². The molecule has 0 aliphatic carbocycles. The summed E-state index contributed by atoms with van der Waals surface area (Å²) in [7, 11) is 0. The van der Waals surface area contributed by atoms with Crippen molar-refractivity contribution < 1.29 is 14.6 Å². The largest absolute Gasteiger partial charge is 0.490 e. The van der Waals surface area contributed by atoms with Gasteiger partial charge in [-0.2, -0.15) is 0 Å². The van der Waals surface area contributed by atoms with Crippen LogP contribution in [0.15, 0.2) is 24.3 Å². The van der Waals surface area contributed by atoms with Crippen molar-refractivity contribution in [2.24, 2.45) is 0 Å². The van der Waals surface area contributed by atoms with Crippen LogP contribution >= 0.6 is 0 Å². The minimum atomic E-state index is -0.472. The fraction of sp³-hybridized carbons (Fsp3) is 0.647. The third-order valence-corrected chi connectivity index (χ3v) is 3.99. The van der Waals surface area contributed by atoms with Gasteiger partial charge in [0.1, 0.15) is 18.5 Å². The first kappa shape index (κ1) is 16.3. The van der Waals surface area contributed by atoms with Crippen molar-refractivity contribution in [2.45, 2.75) is 45.4 Å². The van der Waals surface area contributed by atoms with E-state index in [1.165, 1.54) is 0 Å². The summed E-state index contributed by atoms with van der Waals surface area (Å²) in [6.07, 6.45) is 0.301. The Morgan fingerprint density at radius 1 is 1.38 bits per heavy atom. The lowest BCUT2D eigenvalue weighted by molar-refractivity contribution is -0.0567. The zero-order chi connectivity index (χ0) is 15.2. The van der Waals surface area contributed by atoms with Crippen LogP contribution in [-0.4, -0.2) is 48.5 Å². The highest BCUT2D eigenvalue weighted by Crippen LogP contribution is 2.27. The van der Waals surface area contributed by atoms with E-state index in [2.05, 4.69) is 18.7 Å². The van der Waals surface area contributed by atoms with Gasteiger partial charge in [0.2, 0.25) is 0 Å². The van der Waals surface area contributed by atoms with E-state index in [1.807, 2.05) is 31.2 Å². The average molecular weight is 293 g/mol. The fourth-order valence-electron chi connectivity index (χ4n) is 2.60. The summed E-state index contributed by atoms with van der Waals surface area (Å²) in [4.78, 5) is 2.41. The van der Waals surface area contributed by atoms with Crippen molar-refractivity contribution in [1.29, 1.82) is 0 Å². The van der Waals surface area contributed by atoms with Gasteiger partial charge in [0.25, 0.3) is 0 Å². The van der Waals surface area contributed by atoms with Gasteiger partial charge in [0.05, 0.1) is 12.7 Å². The van der Waals surface area contributed by atoms with Gasteiger partial charge in [-0.15, -0.1) is 0 Å². The van der Waals surface area contributed by atoms with Crippen LogP contribution in [0.1, 0.15) is 38.9 Å². The van der Waals surface area contributed by atoms with Crippen LogP contribution in [0.2, 0.25) is 0 Å². The molecular weight excluding hydrogens is 266 g/mol. The highest BCUT2D eigenvalue weighted by atomic mass is 16.5. The molecule has 1 fully saturated rings. The Balaban J connectivity index is 1.94. The Morgan fingerprint density at radius 3 is 2.86 bits per heavy atom.